The van der Waals surface area contributed by atoms with Gasteiger partial charge in [0.2, 0.25) is 0 Å². The molecule has 0 spiro atoms. The summed E-state index contributed by atoms with van der Waals surface area (Å²) in [6, 6.07) is 0. The van der Waals surface area contributed by atoms with Gasteiger partial charge in [0, 0.05) is 19.3 Å². The number of likely N-dealkylation sites (tertiary alicyclic amines) is 1. The average molecular weight is 248 g/mol. The van der Waals surface area contributed by atoms with E-state index >= 15 is 0 Å². The smallest absolute Gasteiger partial charge is 0.274 e. The molecule has 0 saturated carbocycles. The molecule has 2 heterocycles. The predicted molar refractivity (Wildman–Crippen MR) is 69.0 cm³/mol. The third kappa shape index (κ3) is 2.67. The van der Waals surface area contributed by atoms with E-state index in [1.54, 1.807) is 12.4 Å². The Morgan fingerprint density at radius 1 is 1.50 bits per heavy atom. The summed E-state index contributed by atoms with van der Waals surface area (Å²) in [5.41, 5.74) is 6.99. The molecule has 1 aliphatic rings. The van der Waals surface area contributed by atoms with E-state index < -0.39 is 0 Å². The highest BCUT2D eigenvalue weighted by molar-refractivity contribution is 5.92. The van der Waals surface area contributed by atoms with Gasteiger partial charge in [-0.05, 0) is 31.7 Å². The third-order valence-electron chi connectivity index (χ3n) is 3.70. The number of aromatic nitrogens is 2. The topological polar surface area (TPSA) is 72.1 Å². The molecule has 5 nitrogen and oxygen atoms in total. The van der Waals surface area contributed by atoms with Crippen LogP contribution in [0, 0.1) is 18.8 Å². The van der Waals surface area contributed by atoms with E-state index in [0.29, 0.717) is 24.1 Å². The molecule has 1 saturated heterocycles. The molecule has 5 heteroatoms. The van der Waals surface area contributed by atoms with Crippen LogP contribution in [-0.4, -0.2) is 40.4 Å². The van der Waals surface area contributed by atoms with Gasteiger partial charge in [-0.15, -0.1) is 0 Å². The van der Waals surface area contributed by atoms with Crippen molar-refractivity contribution in [3.8, 4) is 0 Å². The monoisotopic (exact) mass is 248 g/mol. The third-order valence-corrected chi connectivity index (χ3v) is 3.70. The molecule has 2 unspecified atom stereocenters. The van der Waals surface area contributed by atoms with Gasteiger partial charge in [0.05, 0.1) is 11.9 Å². The highest BCUT2D eigenvalue weighted by Crippen LogP contribution is 2.23. The maximum absolute atomic E-state index is 12.3. The SMILES string of the molecule is Cc1cnc(C(=O)N2CCC(C)C(CN)C2)cn1. The lowest BCUT2D eigenvalue weighted by molar-refractivity contribution is 0.0612. The Balaban J connectivity index is 2.07. The summed E-state index contributed by atoms with van der Waals surface area (Å²) in [5, 5.41) is 0. The van der Waals surface area contributed by atoms with Gasteiger partial charge in [0.1, 0.15) is 5.69 Å². The summed E-state index contributed by atoms with van der Waals surface area (Å²) >= 11 is 0. The van der Waals surface area contributed by atoms with Crippen LogP contribution in [0.2, 0.25) is 0 Å². The minimum absolute atomic E-state index is 0.0344. The Labute approximate surface area is 107 Å². The molecule has 98 valence electrons. The van der Waals surface area contributed by atoms with Crippen molar-refractivity contribution in [2.45, 2.75) is 20.3 Å². The summed E-state index contributed by atoms with van der Waals surface area (Å²) in [5.74, 6) is 0.942. The summed E-state index contributed by atoms with van der Waals surface area (Å²) in [7, 11) is 0. The Hall–Kier alpha value is -1.49. The van der Waals surface area contributed by atoms with E-state index in [0.717, 1.165) is 25.2 Å². The standard InChI is InChI=1S/C13H20N4O/c1-9-3-4-17(8-11(9)5-14)13(18)12-7-15-10(2)6-16-12/h6-7,9,11H,3-5,8,14H2,1-2H3. The molecule has 2 rings (SSSR count). The highest BCUT2D eigenvalue weighted by Gasteiger charge is 2.28. The number of rotatable bonds is 2. The number of aryl methyl sites for hydroxylation is 1. The van der Waals surface area contributed by atoms with E-state index in [1.165, 1.54) is 0 Å². The van der Waals surface area contributed by atoms with Crippen LogP contribution in [0.25, 0.3) is 0 Å². The zero-order chi connectivity index (χ0) is 13.1. The van der Waals surface area contributed by atoms with Crippen LogP contribution in [0.3, 0.4) is 0 Å². The summed E-state index contributed by atoms with van der Waals surface area (Å²) in [6.07, 6.45) is 4.18. The first-order valence-electron chi connectivity index (χ1n) is 6.39. The largest absolute Gasteiger partial charge is 0.337 e. The van der Waals surface area contributed by atoms with Crippen molar-refractivity contribution in [1.29, 1.82) is 0 Å². The molecular formula is C13H20N4O. The molecule has 1 fully saturated rings. The Morgan fingerprint density at radius 2 is 2.28 bits per heavy atom. The van der Waals surface area contributed by atoms with Gasteiger partial charge < -0.3 is 10.6 Å². The molecule has 0 bridgehead atoms. The number of amides is 1. The quantitative estimate of drug-likeness (QED) is 0.842. The first-order chi connectivity index (χ1) is 8.61. The van der Waals surface area contributed by atoms with Crippen molar-refractivity contribution in [2.24, 2.45) is 17.6 Å². The van der Waals surface area contributed by atoms with E-state index in [9.17, 15) is 4.79 Å². The van der Waals surface area contributed by atoms with E-state index in [4.69, 9.17) is 5.73 Å². The van der Waals surface area contributed by atoms with Crippen LogP contribution in [0.1, 0.15) is 29.5 Å². The minimum atomic E-state index is -0.0344. The minimum Gasteiger partial charge on any atom is -0.337 e. The fraction of sp³-hybridized carbons (Fsp3) is 0.615. The number of carbonyl (C=O) groups is 1. The van der Waals surface area contributed by atoms with Crippen LogP contribution in [-0.2, 0) is 0 Å². The van der Waals surface area contributed by atoms with Gasteiger partial charge in [0.15, 0.2) is 0 Å². The molecular weight excluding hydrogens is 228 g/mol. The molecule has 1 amide bonds. The Bertz CT molecular complexity index is 418. The zero-order valence-corrected chi connectivity index (χ0v) is 11.0. The molecule has 1 aromatic rings. The van der Waals surface area contributed by atoms with Crippen molar-refractivity contribution in [3.63, 3.8) is 0 Å². The Kier molecular flexibility index (Phi) is 3.91. The molecule has 1 aromatic heterocycles. The van der Waals surface area contributed by atoms with Crippen molar-refractivity contribution >= 4 is 5.91 Å². The fourth-order valence-corrected chi connectivity index (χ4v) is 2.31. The first-order valence-corrected chi connectivity index (χ1v) is 6.39. The highest BCUT2D eigenvalue weighted by atomic mass is 16.2. The van der Waals surface area contributed by atoms with E-state index in [2.05, 4.69) is 16.9 Å². The van der Waals surface area contributed by atoms with Crippen LogP contribution in [0.4, 0.5) is 0 Å². The average Bonchev–Trinajstić information content (AvgIpc) is 2.39. The van der Waals surface area contributed by atoms with Gasteiger partial charge >= 0.3 is 0 Å². The second-order valence-electron chi connectivity index (χ2n) is 5.06. The lowest BCUT2D eigenvalue weighted by atomic mass is 9.87. The van der Waals surface area contributed by atoms with Crippen LogP contribution in [0.15, 0.2) is 12.4 Å². The van der Waals surface area contributed by atoms with Crippen molar-refractivity contribution in [1.82, 2.24) is 14.9 Å². The Morgan fingerprint density at radius 3 is 2.89 bits per heavy atom. The van der Waals surface area contributed by atoms with E-state index in [1.807, 2.05) is 11.8 Å². The first kappa shape index (κ1) is 13.0. The summed E-state index contributed by atoms with van der Waals surface area (Å²) in [4.78, 5) is 22.4. The van der Waals surface area contributed by atoms with Crippen LogP contribution in [0.5, 0.6) is 0 Å². The van der Waals surface area contributed by atoms with Gasteiger partial charge in [-0.1, -0.05) is 6.92 Å². The van der Waals surface area contributed by atoms with Gasteiger partial charge in [-0.3, -0.25) is 9.78 Å². The number of hydrogen-bond donors (Lipinski definition) is 1. The molecule has 0 aliphatic carbocycles. The zero-order valence-electron chi connectivity index (χ0n) is 11.0. The molecule has 18 heavy (non-hydrogen) atoms. The number of piperidine rings is 1. The lowest BCUT2D eigenvalue weighted by Gasteiger charge is -2.36. The van der Waals surface area contributed by atoms with Gasteiger partial charge in [0.25, 0.3) is 5.91 Å². The normalized spacial score (nSPS) is 24.1. The predicted octanol–water partition coefficient (Wildman–Crippen LogP) is 0.842. The molecule has 0 radical (unpaired) electrons. The number of carbonyl (C=O) groups excluding carboxylic acids is 1. The second-order valence-corrected chi connectivity index (χ2v) is 5.06. The van der Waals surface area contributed by atoms with Gasteiger partial charge in [-0.25, -0.2) is 4.98 Å². The summed E-state index contributed by atoms with van der Waals surface area (Å²) in [6.45, 7) is 6.20. The van der Waals surface area contributed by atoms with Gasteiger partial charge in [-0.2, -0.15) is 0 Å². The van der Waals surface area contributed by atoms with Crippen LogP contribution >= 0.6 is 0 Å². The molecule has 2 atom stereocenters. The van der Waals surface area contributed by atoms with Crippen molar-refractivity contribution < 1.29 is 4.79 Å². The fourth-order valence-electron chi connectivity index (χ4n) is 2.31. The van der Waals surface area contributed by atoms with Crippen molar-refractivity contribution in [2.75, 3.05) is 19.6 Å². The van der Waals surface area contributed by atoms with Crippen LogP contribution < -0.4 is 5.73 Å². The molecule has 2 N–H and O–H groups in total. The molecule has 0 aromatic carbocycles. The number of hydrogen-bond acceptors (Lipinski definition) is 4. The number of nitrogens with two attached hydrogens (primary N) is 1. The summed E-state index contributed by atoms with van der Waals surface area (Å²) < 4.78 is 0. The maximum Gasteiger partial charge on any atom is 0.274 e. The second kappa shape index (κ2) is 5.44. The maximum atomic E-state index is 12.3. The van der Waals surface area contributed by atoms with Crippen molar-refractivity contribution in [3.05, 3.63) is 23.8 Å². The number of nitrogens with zero attached hydrogens (tertiary/aromatic N) is 3. The van der Waals surface area contributed by atoms with E-state index in [-0.39, 0.29) is 5.91 Å². The molecule has 1 aliphatic heterocycles. The lowest BCUT2D eigenvalue weighted by Crippen LogP contribution is -2.45.